The van der Waals surface area contributed by atoms with Crippen LogP contribution in [0, 0.1) is 11.8 Å². The van der Waals surface area contributed by atoms with Gasteiger partial charge in [0.05, 0.1) is 12.2 Å². The summed E-state index contributed by atoms with van der Waals surface area (Å²) < 4.78 is 17.7. The van der Waals surface area contributed by atoms with Crippen LogP contribution in [0.2, 0.25) is 0 Å². The van der Waals surface area contributed by atoms with E-state index in [1.807, 2.05) is 13.8 Å². The Labute approximate surface area is 84.7 Å². The molecule has 14 heavy (non-hydrogen) atoms. The maximum Gasteiger partial charge on any atom is 0.164 e. The normalized spacial score (nSPS) is 59.1. The fraction of sp³-hybridized carbons (Fsp3) is 1.00. The van der Waals surface area contributed by atoms with E-state index in [1.165, 1.54) is 0 Å². The van der Waals surface area contributed by atoms with E-state index < -0.39 is 5.79 Å². The van der Waals surface area contributed by atoms with Crippen LogP contribution in [-0.4, -0.2) is 30.2 Å². The summed E-state index contributed by atoms with van der Waals surface area (Å²) in [6.07, 6.45) is 0.839. The molecule has 3 heteroatoms. The van der Waals surface area contributed by atoms with Gasteiger partial charge in [-0.3, -0.25) is 0 Å². The SMILES string of the molecule is CC1C(C)C2OC1C1OC(C)(C)OC21. The van der Waals surface area contributed by atoms with Crippen LogP contribution in [0.25, 0.3) is 0 Å². The summed E-state index contributed by atoms with van der Waals surface area (Å²) in [5, 5.41) is 0. The van der Waals surface area contributed by atoms with Crippen molar-refractivity contribution in [1.29, 1.82) is 0 Å². The summed E-state index contributed by atoms with van der Waals surface area (Å²) in [6.45, 7) is 8.47. The lowest BCUT2D eigenvalue weighted by Crippen LogP contribution is -2.42. The second kappa shape index (κ2) is 2.52. The molecule has 3 saturated heterocycles. The molecule has 80 valence electrons. The van der Waals surface area contributed by atoms with Gasteiger partial charge in [0, 0.05) is 0 Å². The minimum atomic E-state index is -0.417. The molecule has 6 unspecified atom stereocenters. The molecule has 0 saturated carbocycles. The number of hydrogen-bond acceptors (Lipinski definition) is 3. The number of hydrogen-bond donors (Lipinski definition) is 0. The molecule has 0 amide bonds. The van der Waals surface area contributed by atoms with Crippen molar-refractivity contribution in [2.45, 2.75) is 57.9 Å². The first-order valence-electron chi connectivity index (χ1n) is 5.51. The highest BCUT2D eigenvalue weighted by atomic mass is 16.8. The van der Waals surface area contributed by atoms with Gasteiger partial charge in [-0.1, -0.05) is 13.8 Å². The Balaban J connectivity index is 1.89. The van der Waals surface area contributed by atoms with Crippen LogP contribution in [0.15, 0.2) is 0 Å². The first-order chi connectivity index (χ1) is 6.49. The van der Waals surface area contributed by atoms with Gasteiger partial charge in [0.1, 0.15) is 12.2 Å². The van der Waals surface area contributed by atoms with Gasteiger partial charge in [-0.2, -0.15) is 0 Å². The molecule has 0 aromatic heterocycles. The summed E-state index contributed by atoms with van der Waals surface area (Å²) >= 11 is 0. The van der Waals surface area contributed by atoms with Crippen molar-refractivity contribution < 1.29 is 14.2 Å². The molecule has 0 aliphatic carbocycles. The Kier molecular flexibility index (Phi) is 1.64. The van der Waals surface area contributed by atoms with E-state index in [1.54, 1.807) is 0 Å². The summed E-state index contributed by atoms with van der Waals surface area (Å²) in [7, 11) is 0. The lowest BCUT2D eigenvalue weighted by molar-refractivity contribution is -0.179. The fourth-order valence-corrected chi connectivity index (χ4v) is 3.11. The van der Waals surface area contributed by atoms with E-state index in [0.29, 0.717) is 11.8 Å². The average molecular weight is 198 g/mol. The first-order valence-corrected chi connectivity index (χ1v) is 5.51. The zero-order valence-electron chi connectivity index (χ0n) is 9.19. The van der Waals surface area contributed by atoms with Gasteiger partial charge in [-0.25, -0.2) is 0 Å². The minimum Gasteiger partial charge on any atom is -0.369 e. The first kappa shape index (κ1) is 9.13. The predicted molar refractivity (Wildman–Crippen MR) is 50.8 cm³/mol. The maximum absolute atomic E-state index is 5.91. The van der Waals surface area contributed by atoms with Crippen molar-refractivity contribution in [2.24, 2.45) is 11.8 Å². The third-order valence-corrected chi connectivity index (χ3v) is 3.99. The molecule has 0 aromatic carbocycles. The Bertz CT molecular complexity index is 239. The second-order valence-electron chi connectivity index (χ2n) is 5.35. The highest BCUT2D eigenvalue weighted by molar-refractivity contribution is 5.08. The van der Waals surface area contributed by atoms with E-state index in [4.69, 9.17) is 14.2 Å². The van der Waals surface area contributed by atoms with Gasteiger partial charge in [-0.05, 0) is 25.7 Å². The topological polar surface area (TPSA) is 27.7 Å². The third-order valence-electron chi connectivity index (χ3n) is 3.99. The standard InChI is InChI=1S/C11H18O3/c1-5-6(2)8-10-9(7(5)12-8)13-11(3,4)14-10/h5-10H,1-4H3. The minimum absolute atomic E-state index is 0.168. The van der Waals surface area contributed by atoms with Crippen LogP contribution >= 0.6 is 0 Å². The van der Waals surface area contributed by atoms with E-state index >= 15 is 0 Å². The Morgan fingerprint density at radius 3 is 1.64 bits per heavy atom. The molecule has 3 heterocycles. The second-order valence-corrected chi connectivity index (χ2v) is 5.35. The van der Waals surface area contributed by atoms with Crippen molar-refractivity contribution >= 4 is 0 Å². The zero-order valence-corrected chi connectivity index (χ0v) is 9.19. The van der Waals surface area contributed by atoms with Crippen molar-refractivity contribution in [3.05, 3.63) is 0 Å². The molecule has 0 spiro atoms. The molecule has 3 rings (SSSR count). The van der Waals surface area contributed by atoms with Crippen molar-refractivity contribution in [3.8, 4) is 0 Å². The van der Waals surface area contributed by atoms with Gasteiger partial charge in [0.15, 0.2) is 5.79 Å². The van der Waals surface area contributed by atoms with Crippen molar-refractivity contribution in [3.63, 3.8) is 0 Å². The summed E-state index contributed by atoms with van der Waals surface area (Å²) in [5.74, 6) is 0.775. The van der Waals surface area contributed by atoms with Gasteiger partial charge in [0.2, 0.25) is 0 Å². The van der Waals surface area contributed by atoms with Crippen molar-refractivity contribution in [2.75, 3.05) is 0 Å². The van der Waals surface area contributed by atoms with Crippen LogP contribution in [0.1, 0.15) is 27.7 Å². The fourth-order valence-electron chi connectivity index (χ4n) is 3.11. The molecule has 0 aromatic rings. The molecule has 3 aliphatic rings. The molecular weight excluding hydrogens is 180 g/mol. The smallest absolute Gasteiger partial charge is 0.164 e. The molecule has 0 radical (unpaired) electrons. The Morgan fingerprint density at radius 2 is 1.21 bits per heavy atom. The van der Waals surface area contributed by atoms with Gasteiger partial charge < -0.3 is 14.2 Å². The highest BCUT2D eigenvalue weighted by Gasteiger charge is 2.63. The number of rotatable bonds is 0. The van der Waals surface area contributed by atoms with Gasteiger partial charge in [-0.15, -0.1) is 0 Å². The third kappa shape index (κ3) is 0.980. The Morgan fingerprint density at radius 1 is 0.786 bits per heavy atom. The van der Waals surface area contributed by atoms with Crippen LogP contribution in [0.4, 0.5) is 0 Å². The van der Waals surface area contributed by atoms with Gasteiger partial charge >= 0.3 is 0 Å². The lowest BCUT2D eigenvalue weighted by atomic mass is 9.79. The van der Waals surface area contributed by atoms with Crippen LogP contribution in [0.3, 0.4) is 0 Å². The van der Waals surface area contributed by atoms with E-state index in [9.17, 15) is 0 Å². The molecule has 3 nitrogen and oxygen atoms in total. The monoisotopic (exact) mass is 198 g/mol. The van der Waals surface area contributed by atoms with Crippen LogP contribution in [-0.2, 0) is 14.2 Å². The molecule has 0 N–H and O–H groups in total. The lowest BCUT2D eigenvalue weighted by Gasteiger charge is -2.28. The molecule has 3 aliphatic heterocycles. The van der Waals surface area contributed by atoms with Crippen LogP contribution < -0.4 is 0 Å². The van der Waals surface area contributed by atoms with Crippen molar-refractivity contribution in [1.82, 2.24) is 0 Å². The summed E-state index contributed by atoms with van der Waals surface area (Å²) in [6, 6.07) is 0. The van der Waals surface area contributed by atoms with E-state index in [-0.39, 0.29) is 24.4 Å². The molecule has 2 bridgehead atoms. The number of ether oxygens (including phenoxy) is 3. The number of fused-ring (bicyclic) bond motifs is 5. The molecule has 3 fully saturated rings. The van der Waals surface area contributed by atoms with E-state index in [2.05, 4.69) is 13.8 Å². The largest absolute Gasteiger partial charge is 0.369 e. The predicted octanol–water partition coefficient (Wildman–Crippen LogP) is 1.56. The zero-order chi connectivity index (χ0) is 10.1. The van der Waals surface area contributed by atoms with E-state index in [0.717, 1.165) is 0 Å². The molecular formula is C11H18O3. The summed E-state index contributed by atoms with van der Waals surface area (Å²) in [4.78, 5) is 0. The molecule has 6 atom stereocenters. The summed E-state index contributed by atoms with van der Waals surface area (Å²) in [5.41, 5.74) is 0. The average Bonchev–Trinajstić information content (AvgIpc) is 2.62. The van der Waals surface area contributed by atoms with Crippen LogP contribution in [0.5, 0.6) is 0 Å². The Hall–Kier alpha value is -0.120. The van der Waals surface area contributed by atoms with Gasteiger partial charge in [0.25, 0.3) is 0 Å². The maximum atomic E-state index is 5.91. The quantitative estimate of drug-likeness (QED) is 0.591. The highest BCUT2D eigenvalue weighted by Crippen LogP contribution is 2.50.